The zero-order valence-electron chi connectivity index (χ0n) is 13.0. The van der Waals surface area contributed by atoms with Gasteiger partial charge >= 0.3 is 0 Å². The molecular formula is C19H20FN3. The molecule has 4 heteroatoms. The number of piperidine rings is 1. The fraction of sp³-hybridized carbons (Fsp3) is 0.316. The van der Waals surface area contributed by atoms with Crippen molar-refractivity contribution in [2.45, 2.75) is 19.0 Å². The van der Waals surface area contributed by atoms with Gasteiger partial charge in [-0.2, -0.15) is 5.10 Å². The third-order valence-electron chi connectivity index (χ3n) is 4.79. The van der Waals surface area contributed by atoms with Crippen molar-refractivity contribution in [2.24, 2.45) is 11.0 Å². The summed E-state index contributed by atoms with van der Waals surface area (Å²) < 4.78 is 13.2. The van der Waals surface area contributed by atoms with E-state index >= 15 is 0 Å². The first kappa shape index (κ1) is 14.4. The van der Waals surface area contributed by atoms with E-state index in [0.29, 0.717) is 5.92 Å². The monoisotopic (exact) mass is 309 g/mol. The summed E-state index contributed by atoms with van der Waals surface area (Å²) in [4.78, 5) is 2.49. The number of halogens is 1. The Morgan fingerprint density at radius 3 is 2.65 bits per heavy atom. The lowest BCUT2D eigenvalue weighted by molar-refractivity contribution is 0.220. The van der Waals surface area contributed by atoms with Crippen molar-refractivity contribution in [3.63, 3.8) is 0 Å². The van der Waals surface area contributed by atoms with Crippen LogP contribution >= 0.6 is 0 Å². The van der Waals surface area contributed by atoms with Crippen molar-refractivity contribution in [3.05, 3.63) is 71.5 Å². The molecule has 0 amide bonds. The number of nitrogens with one attached hydrogen (secondary N) is 1. The zero-order valence-corrected chi connectivity index (χ0v) is 13.0. The van der Waals surface area contributed by atoms with Gasteiger partial charge in [-0.1, -0.05) is 42.5 Å². The van der Waals surface area contributed by atoms with Crippen molar-refractivity contribution in [1.29, 1.82) is 0 Å². The van der Waals surface area contributed by atoms with Crippen LogP contribution in [0.2, 0.25) is 0 Å². The number of rotatable bonds is 3. The minimum absolute atomic E-state index is 0.157. The first-order valence-electron chi connectivity index (χ1n) is 8.13. The van der Waals surface area contributed by atoms with E-state index in [1.54, 1.807) is 0 Å². The van der Waals surface area contributed by atoms with Gasteiger partial charge in [-0.05, 0) is 23.3 Å². The predicted octanol–water partition coefficient (Wildman–Crippen LogP) is 3.35. The number of hydrogen-bond donors (Lipinski definition) is 1. The molecule has 2 atom stereocenters. The Hall–Kier alpha value is -2.20. The van der Waals surface area contributed by atoms with Crippen molar-refractivity contribution >= 4 is 5.71 Å². The molecule has 0 spiro atoms. The molecule has 0 saturated carbocycles. The second-order valence-electron chi connectivity index (χ2n) is 6.34. The van der Waals surface area contributed by atoms with Gasteiger partial charge in [0.05, 0.1) is 6.04 Å². The van der Waals surface area contributed by atoms with Crippen LogP contribution in [-0.4, -0.2) is 23.7 Å². The highest BCUT2D eigenvalue weighted by molar-refractivity contribution is 5.89. The van der Waals surface area contributed by atoms with Gasteiger partial charge in [-0.25, -0.2) is 4.39 Å². The molecule has 0 bridgehead atoms. The highest BCUT2D eigenvalue weighted by atomic mass is 19.1. The van der Waals surface area contributed by atoms with Gasteiger partial charge in [0.1, 0.15) is 5.82 Å². The first-order chi connectivity index (χ1) is 11.3. The number of hydrogen-bond acceptors (Lipinski definition) is 3. The van der Waals surface area contributed by atoms with Crippen LogP contribution < -0.4 is 5.43 Å². The molecule has 2 aliphatic rings. The third-order valence-corrected chi connectivity index (χ3v) is 4.79. The molecule has 2 unspecified atom stereocenters. The molecule has 0 aromatic heterocycles. The van der Waals surface area contributed by atoms with E-state index in [0.717, 1.165) is 31.6 Å². The van der Waals surface area contributed by atoms with Crippen LogP contribution in [0.25, 0.3) is 0 Å². The van der Waals surface area contributed by atoms with Crippen LogP contribution in [0.15, 0.2) is 59.7 Å². The smallest absolute Gasteiger partial charge is 0.123 e. The minimum atomic E-state index is -0.192. The topological polar surface area (TPSA) is 27.6 Å². The number of hydrazone groups is 1. The summed E-state index contributed by atoms with van der Waals surface area (Å²) in [5.74, 6) is 0.181. The molecule has 3 nitrogen and oxygen atoms in total. The average molecular weight is 309 g/mol. The first-order valence-corrected chi connectivity index (χ1v) is 8.13. The van der Waals surface area contributed by atoms with E-state index in [4.69, 9.17) is 0 Å². The average Bonchev–Trinajstić information content (AvgIpc) is 3.00. The van der Waals surface area contributed by atoms with Crippen molar-refractivity contribution in [1.82, 2.24) is 10.3 Å². The SMILES string of the molecule is Fc1ccc(C2NN=C3CCN(Cc4ccccc4)CC32)cc1. The highest BCUT2D eigenvalue weighted by Gasteiger charge is 2.36. The summed E-state index contributed by atoms with van der Waals surface area (Å²) in [6.45, 7) is 3.01. The molecule has 0 radical (unpaired) electrons. The number of fused-ring (bicyclic) bond motifs is 1. The van der Waals surface area contributed by atoms with E-state index < -0.39 is 0 Å². The summed E-state index contributed by atoms with van der Waals surface area (Å²) in [5, 5.41) is 4.53. The summed E-state index contributed by atoms with van der Waals surface area (Å²) >= 11 is 0. The molecule has 1 N–H and O–H groups in total. The predicted molar refractivity (Wildman–Crippen MR) is 89.5 cm³/mol. The Morgan fingerprint density at radius 1 is 1.09 bits per heavy atom. The van der Waals surface area contributed by atoms with E-state index in [1.807, 2.05) is 12.1 Å². The van der Waals surface area contributed by atoms with Crippen LogP contribution in [0.1, 0.15) is 23.6 Å². The van der Waals surface area contributed by atoms with Crippen LogP contribution in [0, 0.1) is 11.7 Å². The molecule has 2 aromatic rings. The summed E-state index contributed by atoms with van der Waals surface area (Å²) in [7, 11) is 0. The van der Waals surface area contributed by atoms with Crippen LogP contribution in [0.5, 0.6) is 0 Å². The van der Waals surface area contributed by atoms with E-state index in [2.05, 4.69) is 45.8 Å². The second-order valence-corrected chi connectivity index (χ2v) is 6.34. The Balaban J connectivity index is 1.48. The molecule has 4 rings (SSSR count). The zero-order chi connectivity index (χ0) is 15.6. The Kier molecular flexibility index (Phi) is 3.83. The lowest BCUT2D eigenvalue weighted by Crippen LogP contribution is -2.41. The van der Waals surface area contributed by atoms with Crippen LogP contribution in [0.3, 0.4) is 0 Å². The fourth-order valence-electron chi connectivity index (χ4n) is 3.57. The van der Waals surface area contributed by atoms with E-state index in [-0.39, 0.29) is 11.9 Å². The van der Waals surface area contributed by atoms with Crippen molar-refractivity contribution in [3.8, 4) is 0 Å². The Morgan fingerprint density at radius 2 is 1.87 bits per heavy atom. The molecule has 2 aliphatic heterocycles. The van der Waals surface area contributed by atoms with Crippen molar-refractivity contribution < 1.29 is 4.39 Å². The normalized spacial score (nSPS) is 24.0. The largest absolute Gasteiger partial charge is 0.302 e. The third kappa shape index (κ3) is 2.99. The van der Waals surface area contributed by atoms with Gasteiger partial charge in [0.2, 0.25) is 0 Å². The van der Waals surface area contributed by atoms with Gasteiger partial charge in [0, 0.05) is 37.7 Å². The number of likely N-dealkylation sites (tertiary alicyclic amines) is 1. The molecule has 1 saturated heterocycles. The van der Waals surface area contributed by atoms with E-state index in [1.165, 1.54) is 23.4 Å². The van der Waals surface area contributed by atoms with Gasteiger partial charge in [0.25, 0.3) is 0 Å². The van der Waals surface area contributed by atoms with Gasteiger partial charge in [0.15, 0.2) is 0 Å². The maximum absolute atomic E-state index is 13.2. The maximum Gasteiger partial charge on any atom is 0.123 e. The fourth-order valence-corrected chi connectivity index (χ4v) is 3.57. The lowest BCUT2D eigenvalue weighted by atomic mass is 9.86. The lowest BCUT2D eigenvalue weighted by Gasteiger charge is -2.33. The summed E-state index contributed by atoms with van der Waals surface area (Å²) in [6, 6.07) is 17.5. The van der Waals surface area contributed by atoms with Gasteiger partial charge < -0.3 is 5.43 Å². The molecule has 0 aliphatic carbocycles. The Labute approximate surface area is 135 Å². The molecule has 23 heavy (non-hydrogen) atoms. The molecule has 2 aromatic carbocycles. The van der Waals surface area contributed by atoms with E-state index in [9.17, 15) is 4.39 Å². The second kappa shape index (κ2) is 6.13. The number of nitrogens with zero attached hydrogens (tertiary/aromatic N) is 2. The standard InChI is InChI=1S/C19H20FN3/c20-16-8-6-15(7-9-16)19-17-13-23(11-10-18(17)21-22-19)12-14-4-2-1-3-5-14/h1-9,17,19,22H,10-13H2. The van der Waals surface area contributed by atoms with Gasteiger partial charge in [-0.3, -0.25) is 4.90 Å². The summed E-state index contributed by atoms with van der Waals surface area (Å²) in [5.41, 5.74) is 6.96. The highest BCUT2D eigenvalue weighted by Crippen LogP contribution is 2.32. The quantitative estimate of drug-likeness (QED) is 0.941. The Bertz CT molecular complexity index is 696. The van der Waals surface area contributed by atoms with Crippen molar-refractivity contribution in [2.75, 3.05) is 13.1 Å². The maximum atomic E-state index is 13.2. The molecule has 118 valence electrons. The number of benzene rings is 2. The van der Waals surface area contributed by atoms with Crippen LogP contribution in [-0.2, 0) is 6.54 Å². The van der Waals surface area contributed by atoms with Crippen LogP contribution in [0.4, 0.5) is 4.39 Å². The molecule has 2 heterocycles. The molecular weight excluding hydrogens is 289 g/mol. The molecule has 1 fully saturated rings. The van der Waals surface area contributed by atoms with Gasteiger partial charge in [-0.15, -0.1) is 0 Å². The summed E-state index contributed by atoms with van der Waals surface area (Å²) in [6.07, 6.45) is 1.00. The minimum Gasteiger partial charge on any atom is -0.302 e.